The number of amides is 2. The Morgan fingerprint density at radius 2 is 1.88 bits per heavy atom. The maximum Gasteiger partial charge on any atom is 0.303 e. The molecule has 2 amide bonds. The summed E-state index contributed by atoms with van der Waals surface area (Å²) < 4.78 is 18.0. The molecule has 3 N–H and O–H groups in total. The highest BCUT2D eigenvalue weighted by molar-refractivity contribution is 6.04. The van der Waals surface area contributed by atoms with Gasteiger partial charge in [0.25, 0.3) is 11.8 Å². The second kappa shape index (κ2) is 9.16. The molecule has 1 aromatic heterocycles. The molecule has 0 spiro atoms. The molecule has 8 heteroatoms. The number of hydrogen-bond donors (Lipinski definition) is 3. The fraction of sp³-hybridized carbons (Fsp3) is 0.167. The van der Waals surface area contributed by atoms with Crippen molar-refractivity contribution in [1.29, 1.82) is 0 Å². The fourth-order valence-corrected chi connectivity index (χ4v) is 2.01. The van der Waals surface area contributed by atoms with Crippen molar-refractivity contribution >= 4 is 23.9 Å². The van der Waals surface area contributed by atoms with E-state index in [4.69, 9.17) is 9.52 Å². The van der Waals surface area contributed by atoms with Gasteiger partial charge in [-0.15, -0.1) is 0 Å². The van der Waals surface area contributed by atoms with E-state index in [-0.39, 0.29) is 30.8 Å². The fourth-order valence-electron chi connectivity index (χ4n) is 2.01. The number of carboxylic acids is 1. The van der Waals surface area contributed by atoms with Crippen molar-refractivity contribution in [2.24, 2.45) is 0 Å². The Kier molecular flexibility index (Phi) is 6.67. The normalized spacial score (nSPS) is 11.0. The van der Waals surface area contributed by atoms with Gasteiger partial charge in [0.1, 0.15) is 11.5 Å². The Morgan fingerprint density at radius 3 is 2.50 bits per heavy atom. The van der Waals surface area contributed by atoms with E-state index in [0.717, 1.165) is 0 Å². The first-order valence-electron chi connectivity index (χ1n) is 7.78. The topological polar surface area (TPSA) is 109 Å². The third kappa shape index (κ3) is 5.90. The van der Waals surface area contributed by atoms with E-state index in [9.17, 15) is 18.8 Å². The van der Waals surface area contributed by atoms with Gasteiger partial charge in [0, 0.05) is 13.0 Å². The van der Waals surface area contributed by atoms with Crippen molar-refractivity contribution in [3.05, 3.63) is 65.5 Å². The van der Waals surface area contributed by atoms with Crippen LogP contribution in [-0.4, -0.2) is 29.4 Å². The van der Waals surface area contributed by atoms with Gasteiger partial charge >= 0.3 is 5.97 Å². The van der Waals surface area contributed by atoms with Crippen molar-refractivity contribution in [2.75, 3.05) is 6.54 Å². The number of halogens is 1. The minimum absolute atomic E-state index is 0.0219. The van der Waals surface area contributed by atoms with Crippen LogP contribution in [0.1, 0.15) is 29.0 Å². The molecular weight excluding hydrogens is 343 g/mol. The Hall–Kier alpha value is -3.42. The molecule has 0 unspecified atom stereocenters. The SMILES string of the molecule is O=C(O)CCCNC(=O)C(=Cc1ccc(F)cc1)NC(=O)c1ccco1. The molecule has 0 fully saturated rings. The zero-order valence-corrected chi connectivity index (χ0v) is 13.7. The van der Waals surface area contributed by atoms with E-state index >= 15 is 0 Å². The molecule has 0 aliphatic carbocycles. The number of hydrogen-bond acceptors (Lipinski definition) is 4. The van der Waals surface area contributed by atoms with Gasteiger partial charge in [0.05, 0.1) is 6.26 Å². The van der Waals surface area contributed by atoms with E-state index in [1.807, 2.05) is 0 Å². The van der Waals surface area contributed by atoms with E-state index in [2.05, 4.69) is 10.6 Å². The third-order valence-corrected chi connectivity index (χ3v) is 3.27. The summed E-state index contributed by atoms with van der Waals surface area (Å²) in [6, 6.07) is 8.32. The lowest BCUT2D eigenvalue weighted by molar-refractivity contribution is -0.137. The van der Waals surface area contributed by atoms with Crippen LogP contribution in [0.25, 0.3) is 6.08 Å². The molecule has 0 bridgehead atoms. The number of aliphatic carboxylic acids is 1. The van der Waals surface area contributed by atoms with Gasteiger partial charge in [-0.1, -0.05) is 12.1 Å². The predicted molar refractivity (Wildman–Crippen MR) is 90.4 cm³/mol. The summed E-state index contributed by atoms with van der Waals surface area (Å²) in [7, 11) is 0. The van der Waals surface area contributed by atoms with Crippen LogP contribution in [0.2, 0.25) is 0 Å². The maximum atomic E-state index is 13.0. The highest BCUT2D eigenvalue weighted by atomic mass is 19.1. The average molecular weight is 360 g/mol. The Balaban J connectivity index is 2.12. The van der Waals surface area contributed by atoms with Gasteiger partial charge in [-0.05, 0) is 42.3 Å². The molecule has 2 aromatic rings. The zero-order chi connectivity index (χ0) is 18.9. The van der Waals surface area contributed by atoms with Crippen LogP contribution in [0.3, 0.4) is 0 Å². The van der Waals surface area contributed by atoms with Crippen molar-refractivity contribution in [1.82, 2.24) is 10.6 Å². The smallest absolute Gasteiger partial charge is 0.303 e. The number of carboxylic acid groups (broad SMARTS) is 1. The first-order valence-corrected chi connectivity index (χ1v) is 7.78. The zero-order valence-electron chi connectivity index (χ0n) is 13.7. The van der Waals surface area contributed by atoms with E-state index in [1.54, 1.807) is 0 Å². The Bertz CT molecular complexity index is 797. The molecule has 0 aliphatic rings. The summed E-state index contributed by atoms with van der Waals surface area (Å²) in [6.07, 6.45) is 2.87. The summed E-state index contributed by atoms with van der Waals surface area (Å²) in [5.41, 5.74) is 0.426. The molecule has 136 valence electrons. The van der Waals surface area contributed by atoms with Gasteiger partial charge in [-0.25, -0.2) is 4.39 Å². The monoisotopic (exact) mass is 360 g/mol. The molecule has 7 nitrogen and oxygen atoms in total. The van der Waals surface area contributed by atoms with Crippen LogP contribution in [-0.2, 0) is 9.59 Å². The number of rotatable bonds is 8. The number of nitrogens with one attached hydrogen (secondary N) is 2. The van der Waals surface area contributed by atoms with Crippen molar-refractivity contribution in [3.63, 3.8) is 0 Å². The van der Waals surface area contributed by atoms with Gasteiger partial charge in [-0.2, -0.15) is 0 Å². The summed E-state index contributed by atoms with van der Waals surface area (Å²) in [5.74, 6) is -2.59. The summed E-state index contributed by atoms with van der Waals surface area (Å²) in [4.78, 5) is 34.9. The van der Waals surface area contributed by atoms with Crippen LogP contribution in [0, 0.1) is 5.82 Å². The molecule has 2 rings (SSSR count). The van der Waals surface area contributed by atoms with E-state index in [1.165, 1.54) is 48.7 Å². The van der Waals surface area contributed by atoms with Crippen LogP contribution < -0.4 is 10.6 Å². The third-order valence-electron chi connectivity index (χ3n) is 3.27. The second-order valence-corrected chi connectivity index (χ2v) is 5.29. The van der Waals surface area contributed by atoms with Crippen LogP contribution in [0.4, 0.5) is 4.39 Å². The van der Waals surface area contributed by atoms with Crippen LogP contribution in [0.5, 0.6) is 0 Å². The molecule has 0 saturated heterocycles. The van der Waals surface area contributed by atoms with E-state index in [0.29, 0.717) is 5.56 Å². The highest BCUT2D eigenvalue weighted by Gasteiger charge is 2.16. The lowest BCUT2D eigenvalue weighted by atomic mass is 10.1. The van der Waals surface area contributed by atoms with Gasteiger partial charge < -0.3 is 20.2 Å². The van der Waals surface area contributed by atoms with Crippen LogP contribution in [0.15, 0.2) is 52.8 Å². The molecule has 0 aliphatic heterocycles. The molecule has 0 saturated carbocycles. The quantitative estimate of drug-likeness (QED) is 0.494. The number of furan rings is 1. The lowest BCUT2D eigenvalue weighted by Gasteiger charge is -2.10. The van der Waals surface area contributed by atoms with Gasteiger partial charge in [0.2, 0.25) is 0 Å². The number of carbonyl (C=O) groups excluding carboxylic acids is 2. The van der Waals surface area contributed by atoms with E-state index < -0.39 is 23.6 Å². The number of carbonyl (C=O) groups is 3. The Morgan fingerprint density at radius 1 is 1.15 bits per heavy atom. The van der Waals surface area contributed by atoms with Crippen molar-refractivity contribution < 1.29 is 28.3 Å². The molecule has 0 atom stereocenters. The molecule has 0 radical (unpaired) electrons. The average Bonchev–Trinajstić information content (AvgIpc) is 3.14. The number of benzene rings is 1. The molecule has 26 heavy (non-hydrogen) atoms. The predicted octanol–water partition coefficient (Wildman–Crippen LogP) is 2.17. The molecular formula is C18H17FN2O5. The first-order chi connectivity index (χ1) is 12.5. The van der Waals surface area contributed by atoms with Crippen molar-refractivity contribution in [3.8, 4) is 0 Å². The van der Waals surface area contributed by atoms with Crippen LogP contribution >= 0.6 is 0 Å². The summed E-state index contributed by atoms with van der Waals surface area (Å²) in [5, 5.41) is 13.6. The van der Waals surface area contributed by atoms with Crippen molar-refractivity contribution in [2.45, 2.75) is 12.8 Å². The Labute approximate surface area is 148 Å². The van der Waals surface area contributed by atoms with Gasteiger partial charge in [-0.3, -0.25) is 14.4 Å². The molecule has 1 heterocycles. The largest absolute Gasteiger partial charge is 0.481 e. The summed E-state index contributed by atoms with van der Waals surface area (Å²) in [6.45, 7) is 0.127. The van der Waals surface area contributed by atoms with Gasteiger partial charge in [0.15, 0.2) is 5.76 Å². The summed E-state index contributed by atoms with van der Waals surface area (Å²) >= 11 is 0. The second-order valence-electron chi connectivity index (χ2n) is 5.29. The minimum atomic E-state index is -0.965. The maximum absolute atomic E-state index is 13.0. The standard InChI is InChI=1S/C18H17FN2O5/c19-13-7-5-12(6-8-13)11-14(17(24)20-9-1-4-16(22)23)21-18(25)15-3-2-10-26-15/h2-3,5-8,10-11H,1,4,9H2,(H,20,24)(H,21,25)(H,22,23). The highest BCUT2D eigenvalue weighted by Crippen LogP contribution is 2.09. The minimum Gasteiger partial charge on any atom is -0.481 e. The first kappa shape index (κ1) is 18.9. The molecule has 1 aromatic carbocycles. The lowest BCUT2D eigenvalue weighted by Crippen LogP contribution is -2.35.